The maximum atomic E-state index is 5.94. The van der Waals surface area contributed by atoms with Crippen molar-refractivity contribution in [2.24, 2.45) is 5.92 Å². The Balaban J connectivity index is 1.84. The van der Waals surface area contributed by atoms with E-state index in [9.17, 15) is 0 Å². The molecule has 15 heavy (non-hydrogen) atoms. The molecule has 2 heterocycles. The average Bonchev–Trinajstić information content (AvgIpc) is 2.29. The predicted octanol–water partition coefficient (Wildman–Crippen LogP) is 2.57. The number of hydrogen-bond donors (Lipinski definition) is 1. The van der Waals surface area contributed by atoms with Crippen LogP contribution in [0, 0.1) is 5.92 Å². The molecule has 1 N–H and O–H groups in total. The van der Waals surface area contributed by atoms with E-state index in [4.69, 9.17) is 16.3 Å². The third-order valence-corrected chi connectivity index (χ3v) is 2.98. The minimum absolute atomic E-state index is 0.546. The molecule has 2 rings (SSSR count). The van der Waals surface area contributed by atoms with Crippen molar-refractivity contribution in [3.05, 3.63) is 23.5 Å². The molecule has 3 nitrogen and oxygen atoms in total. The van der Waals surface area contributed by atoms with Crippen LogP contribution in [-0.4, -0.2) is 24.7 Å². The van der Waals surface area contributed by atoms with Gasteiger partial charge in [0.05, 0.1) is 5.69 Å². The smallest absolute Gasteiger partial charge is 0.152 e. The second kappa shape index (κ2) is 5.33. The van der Waals surface area contributed by atoms with E-state index in [0.717, 1.165) is 38.3 Å². The second-order valence-corrected chi connectivity index (χ2v) is 4.14. The first-order valence-corrected chi connectivity index (χ1v) is 5.66. The molecule has 82 valence electrons. The Morgan fingerprint density at radius 3 is 3.00 bits per heavy atom. The summed E-state index contributed by atoms with van der Waals surface area (Å²) in [6.07, 6.45) is 3.96. The van der Waals surface area contributed by atoms with Gasteiger partial charge in [0.2, 0.25) is 0 Å². The van der Waals surface area contributed by atoms with Gasteiger partial charge in [-0.15, -0.1) is 0 Å². The molecule has 0 radical (unpaired) electrons. The molecule has 0 bridgehead atoms. The number of ether oxygens (including phenoxy) is 1. The van der Waals surface area contributed by atoms with Crippen molar-refractivity contribution in [1.29, 1.82) is 0 Å². The van der Waals surface area contributed by atoms with Gasteiger partial charge in [-0.05, 0) is 30.9 Å². The molecule has 4 heteroatoms. The van der Waals surface area contributed by atoms with Crippen molar-refractivity contribution in [3.8, 4) is 0 Å². The Bertz CT molecular complexity index is 313. The summed E-state index contributed by atoms with van der Waals surface area (Å²) in [5, 5.41) is 3.88. The van der Waals surface area contributed by atoms with Gasteiger partial charge < -0.3 is 10.1 Å². The van der Waals surface area contributed by atoms with E-state index in [0.29, 0.717) is 11.1 Å². The lowest BCUT2D eigenvalue weighted by atomic mass is 10.0. The summed E-state index contributed by atoms with van der Waals surface area (Å²) >= 11 is 5.94. The van der Waals surface area contributed by atoms with E-state index in [1.807, 2.05) is 12.1 Å². The van der Waals surface area contributed by atoms with Gasteiger partial charge in [-0.1, -0.05) is 11.6 Å². The minimum atomic E-state index is 0.546. The largest absolute Gasteiger partial charge is 0.382 e. The topological polar surface area (TPSA) is 34.2 Å². The Hall–Kier alpha value is -0.800. The third-order valence-electron chi connectivity index (χ3n) is 2.68. The monoisotopic (exact) mass is 226 g/mol. The Morgan fingerprint density at radius 1 is 1.47 bits per heavy atom. The highest BCUT2D eigenvalue weighted by atomic mass is 35.5. The van der Waals surface area contributed by atoms with Crippen LogP contribution in [-0.2, 0) is 4.74 Å². The summed E-state index contributed by atoms with van der Waals surface area (Å²) in [5.74, 6) is 0.690. The molecule has 1 fully saturated rings. The second-order valence-electron chi connectivity index (χ2n) is 3.78. The first-order valence-electron chi connectivity index (χ1n) is 5.28. The van der Waals surface area contributed by atoms with Crippen LogP contribution in [0.2, 0.25) is 5.15 Å². The highest BCUT2D eigenvalue weighted by Gasteiger charge is 2.13. The Labute approximate surface area is 94.8 Å². The lowest BCUT2D eigenvalue weighted by molar-refractivity contribution is 0.0699. The predicted molar refractivity (Wildman–Crippen MR) is 61.3 cm³/mol. The molecule has 1 aliphatic rings. The van der Waals surface area contributed by atoms with Crippen molar-refractivity contribution in [2.45, 2.75) is 12.8 Å². The zero-order valence-electron chi connectivity index (χ0n) is 8.58. The molecule has 0 aliphatic carbocycles. The van der Waals surface area contributed by atoms with Gasteiger partial charge in [0.25, 0.3) is 0 Å². The van der Waals surface area contributed by atoms with Gasteiger partial charge in [0.15, 0.2) is 5.15 Å². The average molecular weight is 227 g/mol. The van der Waals surface area contributed by atoms with E-state index in [2.05, 4.69) is 10.3 Å². The maximum Gasteiger partial charge on any atom is 0.152 e. The summed E-state index contributed by atoms with van der Waals surface area (Å²) in [4.78, 5) is 4.02. The number of anilines is 1. The maximum absolute atomic E-state index is 5.94. The molecule has 1 saturated heterocycles. The van der Waals surface area contributed by atoms with Gasteiger partial charge in [-0.3, -0.25) is 0 Å². The van der Waals surface area contributed by atoms with Crippen LogP contribution in [0.5, 0.6) is 0 Å². The molecule has 1 aromatic heterocycles. The fraction of sp³-hybridized carbons (Fsp3) is 0.545. The highest BCUT2D eigenvalue weighted by Crippen LogP contribution is 2.20. The molecule has 0 atom stereocenters. The van der Waals surface area contributed by atoms with Gasteiger partial charge in [0.1, 0.15) is 0 Å². The zero-order chi connectivity index (χ0) is 10.5. The van der Waals surface area contributed by atoms with Gasteiger partial charge in [-0.2, -0.15) is 0 Å². The summed E-state index contributed by atoms with van der Waals surface area (Å²) in [6.45, 7) is 2.72. The first kappa shape index (κ1) is 10.7. The quantitative estimate of drug-likeness (QED) is 0.805. The van der Waals surface area contributed by atoms with Crippen LogP contribution in [0.3, 0.4) is 0 Å². The van der Waals surface area contributed by atoms with E-state index >= 15 is 0 Å². The number of rotatable bonds is 3. The molecule has 0 amide bonds. The van der Waals surface area contributed by atoms with Crippen molar-refractivity contribution in [2.75, 3.05) is 25.1 Å². The van der Waals surface area contributed by atoms with Crippen molar-refractivity contribution < 1.29 is 4.74 Å². The van der Waals surface area contributed by atoms with E-state index < -0.39 is 0 Å². The lowest BCUT2D eigenvalue weighted by Crippen LogP contribution is -2.22. The normalized spacial score (nSPS) is 17.7. The molecular weight excluding hydrogens is 212 g/mol. The summed E-state index contributed by atoms with van der Waals surface area (Å²) in [7, 11) is 0. The number of aromatic nitrogens is 1. The highest BCUT2D eigenvalue weighted by molar-refractivity contribution is 6.31. The van der Waals surface area contributed by atoms with Gasteiger partial charge in [-0.25, -0.2) is 4.98 Å². The lowest BCUT2D eigenvalue weighted by Gasteiger charge is -2.22. The van der Waals surface area contributed by atoms with Crippen molar-refractivity contribution >= 4 is 17.3 Å². The van der Waals surface area contributed by atoms with Gasteiger partial charge in [0, 0.05) is 26.0 Å². The first-order chi connectivity index (χ1) is 7.36. The van der Waals surface area contributed by atoms with E-state index in [1.54, 1.807) is 6.20 Å². The molecule has 1 aliphatic heterocycles. The number of pyridine rings is 1. The Kier molecular flexibility index (Phi) is 3.80. The van der Waals surface area contributed by atoms with Crippen LogP contribution < -0.4 is 5.32 Å². The number of nitrogens with zero attached hydrogens (tertiary/aromatic N) is 1. The SMILES string of the molecule is Clc1ncccc1NCC1CCOCC1. The van der Waals surface area contributed by atoms with E-state index in [1.165, 1.54) is 0 Å². The number of halogens is 1. The molecule has 1 aromatic rings. The fourth-order valence-corrected chi connectivity index (χ4v) is 1.91. The summed E-state index contributed by atoms with van der Waals surface area (Å²) in [5.41, 5.74) is 0.922. The van der Waals surface area contributed by atoms with Crippen LogP contribution in [0.4, 0.5) is 5.69 Å². The van der Waals surface area contributed by atoms with Gasteiger partial charge >= 0.3 is 0 Å². The summed E-state index contributed by atoms with van der Waals surface area (Å²) in [6, 6.07) is 3.84. The standard InChI is InChI=1S/C11H15ClN2O/c12-11-10(2-1-5-13-11)14-8-9-3-6-15-7-4-9/h1-2,5,9,14H,3-4,6-8H2. The fourth-order valence-electron chi connectivity index (χ4n) is 1.72. The molecule has 0 saturated carbocycles. The zero-order valence-corrected chi connectivity index (χ0v) is 9.33. The third kappa shape index (κ3) is 3.08. The van der Waals surface area contributed by atoms with E-state index in [-0.39, 0.29) is 0 Å². The molecule has 0 unspecified atom stereocenters. The summed E-state index contributed by atoms with van der Waals surface area (Å²) < 4.78 is 5.31. The number of nitrogens with one attached hydrogen (secondary N) is 1. The number of hydrogen-bond acceptors (Lipinski definition) is 3. The minimum Gasteiger partial charge on any atom is -0.382 e. The Morgan fingerprint density at radius 2 is 2.27 bits per heavy atom. The van der Waals surface area contributed by atoms with Crippen LogP contribution in [0.15, 0.2) is 18.3 Å². The van der Waals surface area contributed by atoms with Crippen LogP contribution in [0.25, 0.3) is 0 Å². The molecule has 0 aromatic carbocycles. The molecule has 0 spiro atoms. The van der Waals surface area contributed by atoms with Crippen LogP contribution >= 0.6 is 11.6 Å². The van der Waals surface area contributed by atoms with Crippen molar-refractivity contribution in [1.82, 2.24) is 4.98 Å². The van der Waals surface area contributed by atoms with Crippen molar-refractivity contribution in [3.63, 3.8) is 0 Å². The molecular formula is C11H15ClN2O. The van der Waals surface area contributed by atoms with Crippen LogP contribution in [0.1, 0.15) is 12.8 Å².